The molecule has 0 fully saturated rings. The van der Waals surface area contributed by atoms with E-state index in [1.54, 1.807) is 31.4 Å². The fourth-order valence-electron chi connectivity index (χ4n) is 2.85. The number of carbonyl (C=O) groups is 1. The van der Waals surface area contributed by atoms with Gasteiger partial charge in [-0.1, -0.05) is 23.9 Å². The van der Waals surface area contributed by atoms with E-state index in [1.807, 2.05) is 12.1 Å². The van der Waals surface area contributed by atoms with Crippen LogP contribution in [0.2, 0.25) is 0 Å². The highest BCUT2D eigenvalue weighted by Gasteiger charge is 2.19. The third-order valence-electron chi connectivity index (χ3n) is 4.30. The Kier molecular flexibility index (Phi) is 7.08. The molecule has 3 rings (SSSR count). The smallest absolute Gasteiger partial charge is 0.234 e. The standard InChI is InChI=1S/C20H23N5O5S/c1-27-14-8-6-5-7-13(14)22-17(26)11-31-20-24-23-19(25(20)21)12-9-15(28-2)18(30-4)16(10-12)29-3/h5-10H,11,21H2,1-4H3,(H,22,26). The summed E-state index contributed by atoms with van der Waals surface area (Å²) in [5, 5.41) is 11.4. The molecule has 2 aromatic carbocycles. The zero-order chi connectivity index (χ0) is 22.4. The summed E-state index contributed by atoms with van der Waals surface area (Å²) in [5.74, 6) is 8.38. The van der Waals surface area contributed by atoms with Crippen LogP contribution in [-0.2, 0) is 4.79 Å². The third kappa shape index (κ3) is 4.77. The molecule has 0 aliphatic heterocycles. The highest BCUT2D eigenvalue weighted by atomic mass is 32.2. The van der Waals surface area contributed by atoms with Crippen molar-refractivity contribution in [3.05, 3.63) is 36.4 Å². The number of thioether (sulfide) groups is 1. The van der Waals surface area contributed by atoms with E-state index in [0.717, 1.165) is 11.8 Å². The number of ether oxygens (including phenoxy) is 4. The summed E-state index contributed by atoms with van der Waals surface area (Å²) in [4.78, 5) is 12.3. The van der Waals surface area contributed by atoms with Gasteiger partial charge in [-0.2, -0.15) is 0 Å². The monoisotopic (exact) mass is 445 g/mol. The van der Waals surface area contributed by atoms with Crippen LogP contribution in [0.1, 0.15) is 0 Å². The Morgan fingerprint density at radius 2 is 1.65 bits per heavy atom. The maximum absolute atomic E-state index is 12.3. The van der Waals surface area contributed by atoms with Crippen molar-refractivity contribution in [1.82, 2.24) is 14.9 Å². The van der Waals surface area contributed by atoms with Crippen molar-refractivity contribution in [1.29, 1.82) is 0 Å². The molecule has 0 radical (unpaired) electrons. The van der Waals surface area contributed by atoms with Gasteiger partial charge in [0.1, 0.15) is 5.75 Å². The van der Waals surface area contributed by atoms with Crippen LogP contribution < -0.4 is 30.1 Å². The van der Waals surface area contributed by atoms with Gasteiger partial charge >= 0.3 is 0 Å². The summed E-state index contributed by atoms with van der Waals surface area (Å²) in [5.41, 5.74) is 1.21. The summed E-state index contributed by atoms with van der Waals surface area (Å²) in [6.07, 6.45) is 0. The lowest BCUT2D eigenvalue weighted by atomic mass is 10.1. The van der Waals surface area contributed by atoms with Crippen molar-refractivity contribution in [3.8, 4) is 34.4 Å². The number of nitrogens with one attached hydrogen (secondary N) is 1. The average Bonchev–Trinajstić information content (AvgIpc) is 3.17. The molecule has 11 heteroatoms. The molecule has 0 saturated carbocycles. The Morgan fingerprint density at radius 3 is 2.26 bits per heavy atom. The summed E-state index contributed by atoms with van der Waals surface area (Å²) in [7, 11) is 6.11. The van der Waals surface area contributed by atoms with Gasteiger partial charge in [-0.05, 0) is 24.3 Å². The molecular formula is C20H23N5O5S. The van der Waals surface area contributed by atoms with Gasteiger partial charge in [0.15, 0.2) is 17.3 Å². The maximum Gasteiger partial charge on any atom is 0.234 e. The van der Waals surface area contributed by atoms with Gasteiger partial charge in [0.2, 0.25) is 16.8 Å². The SMILES string of the molecule is COc1ccccc1NC(=O)CSc1nnc(-c2cc(OC)c(OC)c(OC)c2)n1N. The number of methoxy groups -OCH3 is 4. The molecule has 0 saturated heterocycles. The highest BCUT2D eigenvalue weighted by molar-refractivity contribution is 7.99. The molecule has 31 heavy (non-hydrogen) atoms. The van der Waals surface area contributed by atoms with Crippen LogP contribution in [0.5, 0.6) is 23.0 Å². The molecule has 3 N–H and O–H groups in total. The van der Waals surface area contributed by atoms with Gasteiger partial charge in [-0.15, -0.1) is 10.2 Å². The van der Waals surface area contributed by atoms with Crippen molar-refractivity contribution in [2.24, 2.45) is 0 Å². The average molecular weight is 446 g/mol. The second-order valence-corrected chi connectivity index (χ2v) is 7.07. The Morgan fingerprint density at radius 1 is 1.00 bits per heavy atom. The molecule has 0 aliphatic rings. The van der Waals surface area contributed by atoms with Crippen LogP contribution in [0.4, 0.5) is 5.69 Å². The lowest BCUT2D eigenvalue weighted by Crippen LogP contribution is -2.16. The van der Waals surface area contributed by atoms with Crippen molar-refractivity contribution < 1.29 is 23.7 Å². The fourth-order valence-corrected chi connectivity index (χ4v) is 3.50. The van der Waals surface area contributed by atoms with Gasteiger partial charge in [0, 0.05) is 5.56 Å². The number of rotatable bonds is 9. The minimum Gasteiger partial charge on any atom is -0.495 e. The van der Waals surface area contributed by atoms with Crippen LogP contribution in [0, 0.1) is 0 Å². The normalized spacial score (nSPS) is 10.5. The quantitative estimate of drug-likeness (QED) is 0.377. The van der Waals surface area contributed by atoms with E-state index in [0.29, 0.717) is 45.2 Å². The molecule has 0 aliphatic carbocycles. The number of nitrogens with two attached hydrogens (primary N) is 1. The third-order valence-corrected chi connectivity index (χ3v) is 5.24. The molecule has 1 aromatic heterocycles. The highest BCUT2D eigenvalue weighted by Crippen LogP contribution is 2.40. The second-order valence-electron chi connectivity index (χ2n) is 6.13. The predicted octanol–water partition coefficient (Wildman–Crippen LogP) is 2.42. The topological polar surface area (TPSA) is 123 Å². The summed E-state index contributed by atoms with van der Waals surface area (Å²) in [6.45, 7) is 0. The minimum absolute atomic E-state index is 0.0859. The number of para-hydroxylation sites is 2. The van der Waals surface area contributed by atoms with Crippen LogP contribution in [0.25, 0.3) is 11.4 Å². The first-order chi connectivity index (χ1) is 15.0. The summed E-state index contributed by atoms with van der Waals surface area (Å²) in [6, 6.07) is 10.6. The Hall–Kier alpha value is -3.60. The van der Waals surface area contributed by atoms with Gasteiger partial charge in [0.05, 0.1) is 39.9 Å². The van der Waals surface area contributed by atoms with Crippen molar-refractivity contribution in [3.63, 3.8) is 0 Å². The molecule has 0 bridgehead atoms. The van der Waals surface area contributed by atoms with E-state index in [9.17, 15) is 4.79 Å². The predicted molar refractivity (Wildman–Crippen MR) is 118 cm³/mol. The van der Waals surface area contributed by atoms with Crippen molar-refractivity contribution in [2.45, 2.75) is 5.16 Å². The maximum atomic E-state index is 12.3. The molecule has 1 amide bonds. The van der Waals surface area contributed by atoms with Gasteiger partial charge < -0.3 is 30.1 Å². The molecular weight excluding hydrogens is 422 g/mol. The number of benzene rings is 2. The number of aromatic nitrogens is 3. The molecule has 0 atom stereocenters. The van der Waals surface area contributed by atoms with E-state index in [1.165, 1.54) is 26.0 Å². The van der Waals surface area contributed by atoms with E-state index in [-0.39, 0.29) is 11.7 Å². The summed E-state index contributed by atoms with van der Waals surface area (Å²) < 4.78 is 22.6. The van der Waals surface area contributed by atoms with Gasteiger partial charge in [0.25, 0.3) is 0 Å². The van der Waals surface area contributed by atoms with E-state index >= 15 is 0 Å². The van der Waals surface area contributed by atoms with Crippen LogP contribution in [0.15, 0.2) is 41.6 Å². The Bertz CT molecular complexity index is 1050. The van der Waals surface area contributed by atoms with Crippen molar-refractivity contribution in [2.75, 3.05) is 45.4 Å². The molecule has 1 heterocycles. The zero-order valence-electron chi connectivity index (χ0n) is 17.5. The molecule has 164 valence electrons. The number of nitrogen functional groups attached to an aromatic ring is 1. The zero-order valence-corrected chi connectivity index (χ0v) is 18.4. The lowest BCUT2D eigenvalue weighted by Gasteiger charge is -2.13. The lowest BCUT2D eigenvalue weighted by molar-refractivity contribution is -0.113. The Balaban J connectivity index is 1.75. The van der Waals surface area contributed by atoms with E-state index in [4.69, 9.17) is 24.8 Å². The van der Waals surface area contributed by atoms with Crippen LogP contribution >= 0.6 is 11.8 Å². The van der Waals surface area contributed by atoms with Crippen LogP contribution in [0.3, 0.4) is 0 Å². The van der Waals surface area contributed by atoms with Crippen molar-refractivity contribution >= 4 is 23.4 Å². The minimum atomic E-state index is -0.230. The largest absolute Gasteiger partial charge is 0.495 e. The number of hydrogen-bond acceptors (Lipinski definition) is 9. The van der Waals surface area contributed by atoms with Gasteiger partial charge in [-0.25, -0.2) is 4.68 Å². The van der Waals surface area contributed by atoms with E-state index in [2.05, 4.69) is 15.5 Å². The second kappa shape index (κ2) is 9.94. The summed E-state index contributed by atoms with van der Waals surface area (Å²) >= 11 is 1.16. The van der Waals surface area contributed by atoms with Crippen LogP contribution in [-0.4, -0.2) is 55.0 Å². The first-order valence-electron chi connectivity index (χ1n) is 9.08. The van der Waals surface area contributed by atoms with E-state index < -0.39 is 0 Å². The molecule has 0 spiro atoms. The number of carbonyl (C=O) groups excluding carboxylic acids is 1. The first kappa shape index (κ1) is 22.1. The Labute approximate surface area is 183 Å². The molecule has 10 nitrogen and oxygen atoms in total. The molecule has 3 aromatic rings. The number of hydrogen-bond donors (Lipinski definition) is 2. The number of anilines is 1. The first-order valence-corrected chi connectivity index (χ1v) is 10.1. The number of amides is 1. The number of nitrogens with zero attached hydrogens (tertiary/aromatic N) is 3. The fraction of sp³-hybridized carbons (Fsp3) is 0.250. The van der Waals surface area contributed by atoms with Gasteiger partial charge in [-0.3, -0.25) is 4.79 Å². The molecule has 0 unspecified atom stereocenters.